The highest BCUT2D eigenvalue weighted by Crippen LogP contribution is 2.35. The lowest BCUT2D eigenvalue weighted by Gasteiger charge is -2.32. The first kappa shape index (κ1) is 15.0. The van der Waals surface area contributed by atoms with E-state index in [4.69, 9.17) is 0 Å². The van der Waals surface area contributed by atoms with Gasteiger partial charge in [0.15, 0.2) is 0 Å². The van der Waals surface area contributed by atoms with Gasteiger partial charge < -0.3 is 4.90 Å². The fraction of sp³-hybridized carbons (Fsp3) is 0.706. The van der Waals surface area contributed by atoms with Gasteiger partial charge in [0.25, 0.3) is 0 Å². The Morgan fingerprint density at radius 1 is 1.29 bits per heavy atom. The molecule has 0 bridgehead atoms. The van der Waals surface area contributed by atoms with Crippen molar-refractivity contribution in [1.82, 2.24) is 9.80 Å². The van der Waals surface area contributed by atoms with Crippen LogP contribution in [-0.2, 0) is 4.79 Å². The number of thiophene rings is 1. The van der Waals surface area contributed by atoms with Crippen molar-refractivity contribution in [2.24, 2.45) is 0 Å². The largest absolute Gasteiger partial charge is 0.336 e. The second-order valence-corrected chi connectivity index (χ2v) is 7.56. The van der Waals surface area contributed by atoms with Crippen LogP contribution in [0.2, 0.25) is 0 Å². The number of hydrogen-bond acceptors (Lipinski definition) is 3. The van der Waals surface area contributed by atoms with Gasteiger partial charge in [-0.25, -0.2) is 0 Å². The summed E-state index contributed by atoms with van der Waals surface area (Å²) in [5.74, 6) is 0.343. The molecule has 1 aromatic heterocycles. The Balaban J connectivity index is 1.61. The molecule has 0 aromatic carbocycles. The minimum atomic E-state index is 0.318. The molecule has 2 saturated carbocycles. The van der Waals surface area contributed by atoms with Gasteiger partial charge in [-0.2, -0.15) is 0 Å². The zero-order valence-corrected chi connectivity index (χ0v) is 13.9. The third kappa shape index (κ3) is 3.49. The predicted molar refractivity (Wildman–Crippen MR) is 87.5 cm³/mol. The number of nitrogens with zero attached hydrogens (tertiary/aromatic N) is 2. The lowest BCUT2D eigenvalue weighted by atomic mass is 10.2. The van der Waals surface area contributed by atoms with Crippen molar-refractivity contribution in [3.05, 3.63) is 22.4 Å². The summed E-state index contributed by atoms with van der Waals surface area (Å²) in [5, 5.41) is 2.11. The summed E-state index contributed by atoms with van der Waals surface area (Å²) in [4.78, 5) is 18.6. The van der Waals surface area contributed by atoms with Gasteiger partial charge in [0.2, 0.25) is 5.91 Å². The molecule has 116 valence electrons. The van der Waals surface area contributed by atoms with E-state index < -0.39 is 0 Å². The minimum absolute atomic E-state index is 0.318. The number of hydrogen-bond donors (Lipinski definition) is 0. The normalized spacial score (nSPS) is 20.9. The first-order valence-electron chi connectivity index (χ1n) is 8.21. The van der Waals surface area contributed by atoms with E-state index in [0.717, 1.165) is 0 Å². The van der Waals surface area contributed by atoms with Crippen LogP contribution in [-0.4, -0.2) is 41.4 Å². The maximum Gasteiger partial charge on any atom is 0.237 e. The molecule has 2 aliphatic rings. The highest BCUT2D eigenvalue weighted by molar-refractivity contribution is 7.10. The molecule has 1 heterocycles. The molecule has 1 unspecified atom stereocenters. The molecule has 1 aromatic rings. The highest BCUT2D eigenvalue weighted by atomic mass is 32.1. The molecule has 3 nitrogen and oxygen atoms in total. The standard InChI is InChI=1S/C17H26N2OS/c1-13(16-8-5-11-21-16)18(2)12-17(20)19(15-9-10-15)14-6-3-4-7-14/h5,8,11,13-15H,3-4,6-7,9-10,12H2,1-2H3. The molecule has 0 N–H and O–H groups in total. The zero-order valence-electron chi connectivity index (χ0n) is 13.1. The van der Waals surface area contributed by atoms with Gasteiger partial charge in [0.05, 0.1) is 6.54 Å². The molecular formula is C17H26N2OS. The number of amides is 1. The number of rotatable bonds is 6. The van der Waals surface area contributed by atoms with Crippen molar-refractivity contribution in [3.63, 3.8) is 0 Å². The molecule has 2 fully saturated rings. The summed E-state index contributed by atoms with van der Waals surface area (Å²) in [6.07, 6.45) is 7.45. The molecular weight excluding hydrogens is 280 g/mol. The van der Waals surface area contributed by atoms with E-state index in [2.05, 4.69) is 41.3 Å². The molecule has 0 spiro atoms. The Kier molecular flexibility index (Phi) is 4.65. The summed E-state index contributed by atoms with van der Waals surface area (Å²) in [7, 11) is 2.07. The predicted octanol–water partition coefficient (Wildman–Crippen LogP) is 3.67. The fourth-order valence-corrected chi connectivity index (χ4v) is 4.27. The molecule has 2 aliphatic carbocycles. The van der Waals surface area contributed by atoms with Crippen LogP contribution in [0.25, 0.3) is 0 Å². The van der Waals surface area contributed by atoms with E-state index in [0.29, 0.717) is 30.6 Å². The van der Waals surface area contributed by atoms with E-state index in [1.165, 1.54) is 43.4 Å². The quantitative estimate of drug-likeness (QED) is 0.800. The number of carbonyl (C=O) groups excluding carboxylic acids is 1. The highest BCUT2D eigenvalue weighted by Gasteiger charge is 2.38. The Hall–Kier alpha value is -0.870. The molecule has 0 saturated heterocycles. The summed E-state index contributed by atoms with van der Waals surface area (Å²) < 4.78 is 0. The molecule has 4 heteroatoms. The van der Waals surface area contributed by atoms with Gasteiger partial charge in [-0.05, 0) is 51.1 Å². The van der Waals surface area contributed by atoms with Crippen molar-refractivity contribution >= 4 is 17.2 Å². The van der Waals surface area contributed by atoms with Crippen LogP contribution in [0.15, 0.2) is 17.5 Å². The Labute approximate surface area is 131 Å². The molecule has 3 rings (SSSR count). The summed E-state index contributed by atoms with van der Waals surface area (Å²) >= 11 is 1.77. The Morgan fingerprint density at radius 2 is 1.95 bits per heavy atom. The lowest BCUT2D eigenvalue weighted by Crippen LogP contribution is -2.45. The SMILES string of the molecule is CC(c1cccs1)N(C)CC(=O)N(C1CCCC1)C1CC1. The summed E-state index contributed by atoms with van der Waals surface area (Å²) in [6.45, 7) is 2.74. The smallest absolute Gasteiger partial charge is 0.237 e. The third-order valence-corrected chi connectivity index (χ3v) is 5.99. The zero-order chi connectivity index (χ0) is 14.8. The lowest BCUT2D eigenvalue weighted by molar-refractivity contribution is -0.135. The second-order valence-electron chi connectivity index (χ2n) is 6.58. The van der Waals surface area contributed by atoms with E-state index >= 15 is 0 Å². The van der Waals surface area contributed by atoms with Gasteiger partial charge in [-0.3, -0.25) is 9.69 Å². The van der Waals surface area contributed by atoms with Gasteiger partial charge >= 0.3 is 0 Å². The van der Waals surface area contributed by atoms with E-state index in [1.54, 1.807) is 11.3 Å². The van der Waals surface area contributed by atoms with Crippen molar-refractivity contribution < 1.29 is 4.79 Å². The first-order chi connectivity index (χ1) is 10.2. The molecule has 21 heavy (non-hydrogen) atoms. The minimum Gasteiger partial charge on any atom is -0.336 e. The van der Waals surface area contributed by atoms with Gasteiger partial charge in [-0.1, -0.05) is 18.9 Å². The van der Waals surface area contributed by atoms with Gasteiger partial charge in [0.1, 0.15) is 0 Å². The molecule has 1 atom stereocenters. The van der Waals surface area contributed by atoms with Gasteiger partial charge in [-0.15, -0.1) is 11.3 Å². The second kappa shape index (κ2) is 6.49. The average Bonchev–Trinajstić information content (AvgIpc) is 2.97. The van der Waals surface area contributed by atoms with Gasteiger partial charge in [0, 0.05) is 23.0 Å². The topological polar surface area (TPSA) is 23.6 Å². The number of carbonyl (C=O) groups is 1. The Morgan fingerprint density at radius 3 is 2.52 bits per heavy atom. The van der Waals surface area contributed by atoms with Crippen LogP contribution in [0, 0.1) is 0 Å². The molecule has 0 radical (unpaired) electrons. The summed E-state index contributed by atoms with van der Waals surface area (Å²) in [5.41, 5.74) is 0. The van der Waals surface area contributed by atoms with Crippen molar-refractivity contribution in [3.8, 4) is 0 Å². The van der Waals surface area contributed by atoms with E-state index in [1.807, 2.05) is 0 Å². The molecule has 0 aliphatic heterocycles. The van der Waals surface area contributed by atoms with Crippen LogP contribution < -0.4 is 0 Å². The third-order valence-electron chi connectivity index (χ3n) is 4.95. The maximum atomic E-state index is 12.8. The number of likely N-dealkylation sites (N-methyl/N-ethyl adjacent to an activating group) is 1. The van der Waals surface area contributed by atoms with E-state index in [-0.39, 0.29) is 0 Å². The van der Waals surface area contributed by atoms with E-state index in [9.17, 15) is 4.79 Å². The van der Waals surface area contributed by atoms with Crippen LogP contribution >= 0.6 is 11.3 Å². The van der Waals surface area contributed by atoms with Crippen molar-refractivity contribution in [2.75, 3.05) is 13.6 Å². The fourth-order valence-electron chi connectivity index (χ4n) is 3.42. The van der Waals surface area contributed by atoms with Crippen LogP contribution in [0.3, 0.4) is 0 Å². The van der Waals surface area contributed by atoms with Crippen molar-refractivity contribution in [1.29, 1.82) is 0 Å². The first-order valence-corrected chi connectivity index (χ1v) is 9.09. The van der Waals surface area contributed by atoms with Crippen LogP contribution in [0.1, 0.15) is 56.4 Å². The monoisotopic (exact) mass is 306 g/mol. The van der Waals surface area contributed by atoms with Crippen LogP contribution in [0.5, 0.6) is 0 Å². The maximum absolute atomic E-state index is 12.8. The van der Waals surface area contributed by atoms with Crippen molar-refractivity contribution in [2.45, 2.75) is 63.6 Å². The molecule has 1 amide bonds. The average molecular weight is 306 g/mol. The Bertz CT molecular complexity index is 463. The summed E-state index contributed by atoms with van der Waals surface area (Å²) in [6, 6.07) is 5.63. The van der Waals surface area contributed by atoms with Crippen LogP contribution in [0.4, 0.5) is 0 Å².